The molecule has 3 heteroatoms. The summed E-state index contributed by atoms with van der Waals surface area (Å²) in [6, 6.07) is 9.66. The minimum absolute atomic E-state index is 0.394. The fraction of sp³-hybridized carbons (Fsp3) is 0.625. The van der Waals surface area contributed by atoms with E-state index >= 15 is 0 Å². The Bertz CT molecular complexity index is 423. The number of hydrogen-bond donors (Lipinski definition) is 1. The zero-order valence-electron chi connectivity index (χ0n) is 12.0. The molecule has 1 aliphatic heterocycles. The molecule has 1 saturated heterocycles. The maximum absolute atomic E-state index is 3.82. The Morgan fingerprint density at radius 1 is 1.21 bits per heavy atom. The van der Waals surface area contributed by atoms with Gasteiger partial charge < -0.3 is 10.2 Å². The number of nitrogens with zero attached hydrogens (tertiary/aromatic N) is 1. The molecule has 2 fully saturated rings. The minimum Gasteiger partial charge on any atom is -0.366 e. The molecule has 1 aromatic carbocycles. The van der Waals surface area contributed by atoms with Crippen molar-refractivity contribution in [2.75, 3.05) is 24.2 Å². The highest BCUT2D eigenvalue weighted by molar-refractivity contribution is 7.98. The average molecular weight is 276 g/mol. The van der Waals surface area contributed by atoms with Gasteiger partial charge in [0.15, 0.2) is 0 Å². The van der Waals surface area contributed by atoms with Crippen LogP contribution in [0.2, 0.25) is 0 Å². The van der Waals surface area contributed by atoms with E-state index in [1.54, 1.807) is 0 Å². The lowest BCUT2D eigenvalue weighted by Gasteiger charge is -2.46. The van der Waals surface area contributed by atoms with Crippen LogP contribution in [0.25, 0.3) is 0 Å². The lowest BCUT2D eigenvalue weighted by molar-refractivity contribution is 0.276. The summed E-state index contributed by atoms with van der Waals surface area (Å²) < 4.78 is 0. The Kier molecular flexibility index (Phi) is 3.77. The third-order valence-electron chi connectivity index (χ3n) is 4.74. The molecule has 2 nitrogen and oxygen atoms in total. The number of anilines is 1. The van der Waals surface area contributed by atoms with Crippen LogP contribution in [0.1, 0.15) is 32.6 Å². The van der Waals surface area contributed by atoms with Gasteiger partial charge >= 0.3 is 0 Å². The van der Waals surface area contributed by atoms with Gasteiger partial charge in [0, 0.05) is 35.3 Å². The number of thioether (sulfide) groups is 1. The Labute approximate surface area is 121 Å². The van der Waals surface area contributed by atoms with Gasteiger partial charge in [0.05, 0.1) is 0 Å². The molecule has 1 aliphatic carbocycles. The number of nitrogens with one attached hydrogen (secondary N) is 1. The van der Waals surface area contributed by atoms with E-state index in [-0.39, 0.29) is 0 Å². The minimum atomic E-state index is 0.394. The molecule has 1 N–H and O–H groups in total. The fourth-order valence-corrected chi connectivity index (χ4v) is 3.93. The van der Waals surface area contributed by atoms with Gasteiger partial charge in [-0.2, -0.15) is 0 Å². The van der Waals surface area contributed by atoms with Crippen molar-refractivity contribution in [3.05, 3.63) is 24.3 Å². The summed E-state index contributed by atoms with van der Waals surface area (Å²) >= 11 is 1.81. The van der Waals surface area contributed by atoms with E-state index in [0.29, 0.717) is 11.6 Å². The lowest BCUT2D eigenvalue weighted by Crippen LogP contribution is -2.62. The molecule has 0 bridgehead atoms. The molecule has 1 heterocycles. The molecule has 1 spiro atoms. The molecule has 104 valence electrons. The largest absolute Gasteiger partial charge is 0.366 e. The molecule has 1 aromatic rings. The van der Waals surface area contributed by atoms with E-state index in [1.165, 1.54) is 42.8 Å². The van der Waals surface area contributed by atoms with Crippen LogP contribution in [0.5, 0.6) is 0 Å². The van der Waals surface area contributed by atoms with Crippen LogP contribution in [0.3, 0.4) is 0 Å². The van der Waals surface area contributed by atoms with E-state index < -0.39 is 0 Å². The van der Waals surface area contributed by atoms with Crippen molar-refractivity contribution >= 4 is 17.4 Å². The van der Waals surface area contributed by atoms with E-state index in [1.807, 2.05) is 11.8 Å². The Morgan fingerprint density at radius 2 is 1.89 bits per heavy atom. The highest BCUT2D eigenvalue weighted by Crippen LogP contribution is 2.35. The number of benzene rings is 1. The smallest absolute Gasteiger partial charge is 0.0387 e. The molecule has 1 unspecified atom stereocenters. The van der Waals surface area contributed by atoms with Crippen molar-refractivity contribution in [2.24, 2.45) is 0 Å². The highest BCUT2D eigenvalue weighted by Gasteiger charge is 2.39. The third-order valence-corrected chi connectivity index (χ3v) is 5.49. The maximum atomic E-state index is 3.82. The summed E-state index contributed by atoms with van der Waals surface area (Å²) in [5, 5.41) is 3.82. The summed E-state index contributed by atoms with van der Waals surface area (Å²) in [6.45, 7) is 4.62. The van der Waals surface area contributed by atoms with Gasteiger partial charge in [-0.25, -0.2) is 0 Å². The molecule has 0 aromatic heterocycles. The van der Waals surface area contributed by atoms with Crippen molar-refractivity contribution < 1.29 is 0 Å². The molecule has 0 radical (unpaired) electrons. The molecule has 19 heavy (non-hydrogen) atoms. The van der Waals surface area contributed by atoms with Gasteiger partial charge in [0.25, 0.3) is 0 Å². The average Bonchev–Trinajstić information content (AvgIpc) is 2.90. The first-order valence-corrected chi connectivity index (χ1v) is 8.61. The summed E-state index contributed by atoms with van der Waals surface area (Å²) in [6.07, 6.45) is 7.61. The summed E-state index contributed by atoms with van der Waals surface area (Å²) in [7, 11) is 0. The van der Waals surface area contributed by atoms with Gasteiger partial charge in [-0.3, -0.25) is 0 Å². The summed E-state index contributed by atoms with van der Waals surface area (Å²) in [5.41, 5.74) is 1.78. The SMILES string of the molecule is CSc1ccc(N2CC3(CCCC3)NCC2C)cc1. The molecular weight excluding hydrogens is 252 g/mol. The topological polar surface area (TPSA) is 15.3 Å². The van der Waals surface area contributed by atoms with Crippen LogP contribution in [0.4, 0.5) is 5.69 Å². The maximum Gasteiger partial charge on any atom is 0.0387 e. The third kappa shape index (κ3) is 2.63. The van der Waals surface area contributed by atoms with Crippen LogP contribution in [0, 0.1) is 0 Å². The van der Waals surface area contributed by atoms with E-state index in [9.17, 15) is 0 Å². The lowest BCUT2D eigenvalue weighted by atomic mass is 9.92. The predicted molar refractivity (Wildman–Crippen MR) is 84.2 cm³/mol. The van der Waals surface area contributed by atoms with Gasteiger partial charge in [-0.1, -0.05) is 12.8 Å². The van der Waals surface area contributed by atoms with Gasteiger partial charge in [-0.15, -0.1) is 11.8 Å². The van der Waals surface area contributed by atoms with E-state index in [4.69, 9.17) is 0 Å². The van der Waals surface area contributed by atoms with Crippen LogP contribution in [0.15, 0.2) is 29.2 Å². The standard InChI is InChI=1S/C16H24N2S/c1-13-11-17-16(9-3-4-10-16)12-18(13)14-5-7-15(19-2)8-6-14/h5-8,13,17H,3-4,9-12H2,1-2H3. The molecular formula is C16H24N2S. The monoisotopic (exact) mass is 276 g/mol. The number of rotatable bonds is 2. The molecule has 3 rings (SSSR count). The second-order valence-electron chi connectivity index (χ2n) is 6.04. The molecule has 0 amide bonds. The molecule has 1 atom stereocenters. The molecule has 1 saturated carbocycles. The van der Waals surface area contributed by atoms with Crippen molar-refractivity contribution in [3.63, 3.8) is 0 Å². The van der Waals surface area contributed by atoms with Gasteiger partial charge in [0.1, 0.15) is 0 Å². The second-order valence-corrected chi connectivity index (χ2v) is 6.92. The zero-order chi connectivity index (χ0) is 13.3. The Hall–Kier alpha value is -0.670. The fourth-order valence-electron chi connectivity index (χ4n) is 3.52. The summed E-state index contributed by atoms with van der Waals surface area (Å²) in [5.74, 6) is 0. The Balaban J connectivity index is 1.80. The highest BCUT2D eigenvalue weighted by atomic mass is 32.2. The molecule has 2 aliphatic rings. The van der Waals surface area contributed by atoms with Crippen LogP contribution in [-0.2, 0) is 0 Å². The van der Waals surface area contributed by atoms with E-state index in [0.717, 1.165) is 6.54 Å². The first-order valence-electron chi connectivity index (χ1n) is 7.38. The van der Waals surface area contributed by atoms with Crippen LogP contribution >= 0.6 is 11.8 Å². The van der Waals surface area contributed by atoms with Crippen molar-refractivity contribution in [1.82, 2.24) is 5.32 Å². The first kappa shape index (κ1) is 13.3. The van der Waals surface area contributed by atoms with Crippen LogP contribution < -0.4 is 10.2 Å². The normalized spacial score (nSPS) is 26.0. The van der Waals surface area contributed by atoms with Gasteiger partial charge in [0.2, 0.25) is 0 Å². The van der Waals surface area contributed by atoms with E-state index in [2.05, 4.69) is 47.7 Å². The van der Waals surface area contributed by atoms with Crippen molar-refractivity contribution in [3.8, 4) is 0 Å². The van der Waals surface area contributed by atoms with Crippen molar-refractivity contribution in [1.29, 1.82) is 0 Å². The zero-order valence-corrected chi connectivity index (χ0v) is 12.8. The number of hydrogen-bond acceptors (Lipinski definition) is 3. The Morgan fingerprint density at radius 3 is 2.53 bits per heavy atom. The number of piperazine rings is 1. The van der Waals surface area contributed by atoms with Crippen molar-refractivity contribution in [2.45, 2.75) is 49.1 Å². The summed E-state index contributed by atoms with van der Waals surface area (Å²) in [4.78, 5) is 3.95. The second kappa shape index (κ2) is 5.37. The quantitative estimate of drug-likeness (QED) is 0.832. The van der Waals surface area contributed by atoms with Gasteiger partial charge in [-0.05, 0) is 50.3 Å². The van der Waals surface area contributed by atoms with Crippen LogP contribution in [-0.4, -0.2) is 30.9 Å². The predicted octanol–water partition coefficient (Wildman–Crippen LogP) is 3.52. The first-order chi connectivity index (χ1) is 9.22.